The molecule has 0 aliphatic rings. The van der Waals surface area contributed by atoms with Crippen LogP contribution < -0.4 is 4.74 Å². The van der Waals surface area contributed by atoms with Crippen LogP contribution in [0.3, 0.4) is 0 Å². The van der Waals surface area contributed by atoms with Crippen molar-refractivity contribution in [1.82, 2.24) is 0 Å². The van der Waals surface area contributed by atoms with Gasteiger partial charge >= 0.3 is 6.61 Å². The molecule has 1 nitrogen and oxygen atoms in total. The minimum absolute atomic E-state index is 0.0277. The molecule has 0 saturated carbocycles. The second kappa shape index (κ2) is 4.87. The van der Waals surface area contributed by atoms with E-state index >= 15 is 0 Å². The van der Waals surface area contributed by atoms with Crippen molar-refractivity contribution in [3.63, 3.8) is 0 Å². The fraction of sp³-hybridized carbons (Fsp3) is 0.273. The SMILES string of the molecule is C=CC(C)c1ccc(OC(F)F)c(F)c1. The van der Waals surface area contributed by atoms with Crippen LogP contribution in [0.2, 0.25) is 0 Å². The van der Waals surface area contributed by atoms with Gasteiger partial charge in [0.05, 0.1) is 0 Å². The Hall–Kier alpha value is -1.45. The van der Waals surface area contributed by atoms with E-state index in [2.05, 4.69) is 11.3 Å². The van der Waals surface area contributed by atoms with E-state index in [0.29, 0.717) is 5.56 Å². The first-order valence-electron chi connectivity index (χ1n) is 4.41. The van der Waals surface area contributed by atoms with E-state index in [0.717, 1.165) is 0 Å². The molecule has 0 aliphatic carbocycles. The van der Waals surface area contributed by atoms with E-state index in [1.807, 2.05) is 6.92 Å². The Kier molecular flexibility index (Phi) is 3.77. The monoisotopic (exact) mass is 216 g/mol. The van der Waals surface area contributed by atoms with Crippen molar-refractivity contribution < 1.29 is 17.9 Å². The topological polar surface area (TPSA) is 9.23 Å². The first kappa shape index (κ1) is 11.6. The van der Waals surface area contributed by atoms with Gasteiger partial charge in [0, 0.05) is 0 Å². The molecule has 1 aromatic carbocycles. The van der Waals surface area contributed by atoms with Crippen LogP contribution in [0, 0.1) is 5.82 Å². The standard InChI is InChI=1S/C11H11F3O/c1-3-7(2)8-4-5-10(9(12)6-8)15-11(13)14/h3-7,11H,1H2,2H3. The summed E-state index contributed by atoms with van der Waals surface area (Å²) < 4.78 is 40.8. The average molecular weight is 216 g/mol. The first-order chi connectivity index (χ1) is 7.04. The molecule has 82 valence electrons. The zero-order valence-corrected chi connectivity index (χ0v) is 8.21. The summed E-state index contributed by atoms with van der Waals surface area (Å²) in [5, 5.41) is 0. The fourth-order valence-corrected chi connectivity index (χ4v) is 1.13. The zero-order valence-electron chi connectivity index (χ0n) is 8.21. The maximum absolute atomic E-state index is 13.2. The fourth-order valence-electron chi connectivity index (χ4n) is 1.13. The van der Waals surface area contributed by atoms with Crippen LogP contribution in [0.25, 0.3) is 0 Å². The van der Waals surface area contributed by atoms with Crippen molar-refractivity contribution in [2.45, 2.75) is 19.5 Å². The van der Waals surface area contributed by atoms with Gasteiger partial charge in [0.1, 0.15) is 0 Å². The smallest absolute Gasteiger partial charge is 0.387 e. The highest BCUT2D eigenvalue weighted by molar-refractivity contribution is 5.32. The van der Waals surface area contributed by atoms with Crippen molar-refractivity contribution in [2.75, 3.05) is 0 Å². The number of hydrogen-bond acceptors (Lipinski definition) is 1. The zero-order chi connectivity index (χ0) is 11.4. The highest BCUT2D eigenvalue weighted by atomic mass is 19.3. The van der Waals surface area contributed by atoms with Gasteiger partial charge in [0.25, 0.3) is 0 Å². The van der Waals surface area contributed by atoms with Gasteiger partial charge < -0.3 is 4.74 Å². The van der Waals surface area contributed by atoms with Crippen molar-refractivity contribution in [3.05, 3.63) is 42.2 Å². The molecule has 0 bridgehead atoms. The van der Waals surface area contributed by atoms with E-state index in [-0.39, 0.29) is 5.92 Å². The Morgan fingerprint density at radius 3 is 2.53 bits per heavy atom. The molecule has 1 rings (SSSR count). The molecule has 0 fully saturated rings. The molecule has 1 unspecified atom stereocenters. The van der Waals surface area contributed by atoms with Crippen LogP contribution in [0.5, 0.6) is 5.75 Å². The van der Waals surface area contributed by atoms with Gasteiger partial charge in [-0.05, 0) is 23.6 Å². The predicted octanol–water partition coefficient (Wildman–Crippen LogP) is 3.72. The van der Waals surface area contributed by atoms with Crippen LogP contribution in [0.4, 0.5) is 13.2 Å². The molecular weight excluding hydrogens is 205 g/mol. The molecule has 0 heterocycles. The number of allylic oxidation sites excluding steroid dienone is 1. The van der Waals surface area contributed by atoms with Gasteiger partial charge in [-0.2, -0.15) is 8.78 Å². The van der Waals surface area contributed by atoms with Crippen LogP contribution >= 0.6 is 0 Å². The van der Waals surface area contributed by atoms with Gasteiger partial charge in [0.2, 0.25) is 0 Å². The summed E-state index contributed by atoms with van der Waals surface area (Å²) in [7, 11) is 0. The van der Waals surface area contributed by atoms with Crippen molar-refractivity contribution in [3.8, 4) is 5.75 Å². The van der Waals surface area contributed by atoms with Gasteiger partial charge in [-0.3, -0.25) is 0 Å². The normalized spacial score (nSPS) is 12.6. The summed E-state index contributed by atoms with van der Waals surface area (Å²) in [6.45, 7) is 2.38. The Morgan fingerprint density at radius 1 is 1.40 bits per heavy atom. The maximum Gasteiger partial charge on any atom is 0.387 e. The molecule has 0 N–H and O–H groups in total. The summed E-state index contributed by atoms with van der Waals surface area (Å²) in [6.07, 6.45) is 1.64. The maximum atomic E-state index is 13.2. The summed E-state index contributed by atoms with van der Waals surface area (Å²) in [5.74, 6) is -1.26. The largest absolute Gasteiger partial charge is 0.432 e. The summed E-state index contributed by atoms with van der Waals surface area (Å²) in [6, 6.07) is 3.90. The van der Waals surface area contributed by atoms with Gasteiger partial charge in [-0.25, -0.2) is 4.39 Å². The predicted molar refractivity (Wildman–Crippen MR) is 51.6 cm³/mol. The highest BCUT2D eigenvalue weighted by Gasteiger charge is 2.11. The third-order valence-electron chi connectivity index (χ3n) is 2.05. The molecule has 0 saturated heterocycles. The molecule has 1 atom stereocenters. The molecule has 15 heavy (non-hydrogen) atoms. The van der Waals surface area contributed by atoms with E-state index in [1.165, 1.54) is 18.2 Å². The molecule has 1 aromatic rings. The number of benzene rings is 1. The lowest BCUT2D eigenvalue weighted by Crippen LogP contribution is -2.04. The Morgan fingerprint density at radius 2 is 2.07 bits per heavy atom. The third-order valence-corrected chi connectivity index (χ3v) is 2.05. The lowest BCUT2D eigenvalue weighted by Gasteiger charge is -2.09. The number of halogens is 3. The number of alkyl halides is 2. The van der Waals surface area contributed by atoms with Gasteiger partial charge in [0.15, 0.2) is 11.6 Å². The van der Waals surface area contributed by atoms with E-state index in [1.54, 1.807) is 6.08 Å². The van der Waals surface area contributed by atoms with Crippen molar-refractivity contribution in [2.24, 2.45) is 0 Å². The minimum atomic E-state index is -3.01. The van der Waals surface area contributed by atoms with Gasteiger partial charge in [-0.15, -0.1) is 6.58 Å². The molecule has 4 heteroatoms. The molecular formula is C11H11F3O. The van der Waals surface area contributed by atoms with Crippen LogP contribution in [-0.4, -0.2) is 6.61 Å². The molecule has 0 aliphatic heterocycles. The molecule has 0 radical (unpaired) electrons. The summed E-state index contributed by atoms with van der Waals surface area (Å²) in [5.41, 5.74) is 0.670. The van der Waals surface area contributed by atoms with E-state index < -0.39 is 18.2 Å². The van der Waals surface area contributed by atoms with Crippen LogP contribution in [0.1, 0.15) is 18.4 Å². The Balaban J connectivity index is 2.92. The average Bonchev–Trinajstić information content (AvgIpc) is 2.19. The highest BCUT2D eigenvalue weighted by Crippen LogP contribution is 2.24. The summed E-state index contributed by atoms with van der Waals surface area (Å²) >= 11 is 0. The molecule has 0 aromatic heterocycles. The number of ether oxygens (including phenoxy) is 1. The van der Waals surface area contributed by atoms with Crippen LogP contribution in [-0.2, 0) is 0 Å². The first-order valence-corrected chi connectivity index (χ1v) is 4.41. The third kappa shape index (κ3) is 3.01. The van der Waals surface area contributed by atoms with Gasteiger partial charge in [-0.1, -0.05) is 19.1 Å². The van der Waals surface area contributed by atoms with Crippen molar-refractivity contribution in [1.29, 1.82) is 0 Å². The minimum Gasteiger partial charge on any atom is -0.432 e. The van der Waals surface area contributed by atoms with Crippen molar-refractivity contribution >= 4 is 0 Å². The molecule has 0 spiro atoms. The molecule has 0 amide bonds. The second-order valence-electron chi connectivity index (χ2n) is 3.09. The number of hydrogen-bond donors (Lipinski definition) is 0. The Bertz CT molecular complexity index is 350. The lowest BCUT2D eigenvalue weighted by atomic mass is 10.0. The summed E-state index contributed by atoms with van der Waals surface area (Å²) in [4.78, 5) is 0. The number of rotatable bonds is 4. The van der Waals surface area contributed by atoms with Crippen LogP contribution in [0.15, 0.2) is 30.9 Å². The Labute approximate surface area is 86.2 Å². The quantitative estimate of drug-likeness (QED) is 0.697. The lowest BCUT2D eigenvalue weighted by molar-refractivity contribution is -0.0522. The van der Waals surface area contributed by atoms with E-state index in [9.17, 15) is 13.2 Å². The van der Waals surface area contributed by atoms with E-state index in [4.69, 9.17) is 0 Å². The second-order valence-corrected chi connectivity index (χ2v) is 3.09.